The van der Waals surface area contributed by atoms with Crippen molar-refractivity contribution >= 4 is 75.8 Å². The molecule has 9 aromatic carbocycles. The van der Waals surface area contributed by atoms with Crippen molar-refractivity contribution in [3.05, 3.63) is 216 Å². The highest BCUT2D eigenvalue weighted by Crippen LogP contribution is 2.43. The van der Waals surface area contributed by atoms with Gasteiger partial charge in [0.1, 0.15) is 0 Å². The molecule has 348 valence electrons. The third-order valence-corrected chi connectivity index (χ3v) is 13.2. The minimum Gasteiger partial charge on any atom is -0.124 e. The Morgan fingerprint density at radius 1 is 0.420 bits per heavy atom. The van der Waals surface area contributed by atoms with E-state index in [0.717, 1.165) is 12.8 Å². The highest BCUT2D eigenvalue weighted by atomic mass is 14.3. The fourth-order valence-corrected chi connectivity index (χ4v) is 9.76. The molecule has 69 heavy (non-hydrogen) atoms. The molecule has 12 rings (SSSR count). The van der Waals surface area contributed by atoms with Gasteiger partial charge in [-0.25, -0.2) is 0 Å². The zero-order valence-corrected chi connectivity index (χ0v) is 42.4. The average Bonchev–Trinajstić information content (AvgIpc) is 4.33. The molecule has 0 saturated heterocycles. The molecule has 0 nitrogen and oxygen atoms in total. The van der Waals surface area contributed by atoms with Gasteiger partial charge in [-0.1, -0.05) is 262 Å². The van der Waals surface area contributed by atoms with Crippen molar-refractivity contribution < 1.29 is 0 Å². The van der Waals surface area contributed by atoms with Gasteiger partial charge in [0, 0.05) is 11.8 Å². The number of hydrogen-bond acceptors (Lipinski definition) is 0. The van der Waals surface area contributed by atoms with E-state index in [4.69, 9.17) is 0 Å². The van der Waals surface area contributed by atoms with E-state index >= 15 is 0 Å². The van der Waals surface area contributed by atoms with E-state index in [1.165, 1.54) is 142 Å². The van der Waals surface area contributed by atoms with Gasteiger partial charge in [0.2, 0.25) is 0 Å². The smallest absolute Gasteiger partial charge is 0.00645 e. The van der Waals surface area contributed by atoms with Gasteiger partial charge in [-0.05, 0) is 130 Å². The number of allylic oxidation sites excluding steroid dienone is 8. The van der Waals surface area contributed by atoms with E-state index in [1.807, 2.05) is 13.8 Å². The minimum absolute atomic E-state index is 0.323. The Hall–Kier alpha value is -6.94. The van der Waals surface area contributed by atoms with E-state index in [-0.39, 0.29) is 0 Å². The molecular formula is C69H72. The first-order chi connectivity index (χ1) is 34.0. The maximum atomic E-state index is 4.00. The van der Waals surface area contributed by atoms with Gasteiger partial charge >= 0.3 is 0 Å². The van der Waals surface area contributed by atoms with Gasteiger partial charge in [0.05, 0.1) is 0 Å². The summed E-state index contributed by atoms with van der Waals surface area (Å²) in [6, 6.07) is 59.1. The molecule has 3 aliphatic rings. The van der Waals surface area contributed by atoms with Crippen molar-refractivity contribution in [3.8, 4) is 12.8 Å². The van der Waals surface area contributed by atoms with Crippen LogP contribution in [0.2, 0.25) is 0 Å². The summed E-state index contributed by atoms with van der Waals surface area (Å²) in [7, 11) is 0. The van der Waals surface area contributed by atoms with Gasteiger partial charge in [-0.15, -0.1) is 12.8 Å². The molecule has 1 fully saturated rings. The SMILES string of the molecule is C#C.C1CC1.CC.CC1=CC(c2ccc3c4ccccc4c4ccccc4c3c2)CC(c2cccc(C3C=CC=C(c4ccc5c6ccccc6c6ccccc6c5c4)C3)c2)=C1.CCC.CCCC. The van der Waals surface area contributed by atoms with Crippen LogP contribution in [0.25, 0.3) is 75.8 Å². The van der Waals surface area contributed by atoms with Gasteiger partial charge in [0.25, 0.3) is 0 Å². The summed E-state index contributed by atoms with van der Waals surface area (Å²) in [5, 5.41) is 15.9. The summed E-state index contributed by atoms with van der Waals surface area (Å²) < 4.78 is 0. The first-order valence-corrected chi connectivity index (χ1v) is 25.9. The van der Waals surface area contributed by atoms with Gasteiger partial charge < -0.3 is 0 Å². The lowest BCUT2D eigenvalue weighted by atomic mass is 9.80. The first kappa shape index (κ1) is 50.0. The molecule has 0 bridgehead atoms. The molecule has 0 spiro atoms. The number of benzene rings is 9. The van der Waals surface area contributed by atoms with Crippen molar-refractivity contribution in [1.29, 1.82) is 0 Å². The van der Waals surface area contributed by atoms with Crippen molar-refractivity contribution in [2.75, 3.05) is 0 Å². The Balaban J connectivity index is 0.000000449. The topological polar surface area (TPSA) is 0 Å². The van der Waals surface area contributed by atoms with Crippen LogP contribution in [-0.4, -0.2) is 0 Å². The fraction of sp³-hybridized carbons (Fsp3) is 0.246. The van der Waals surface area contributed by atoms with Crippen LogP contribution < -0.4 is 0 Å². The Kier molecular flexibility index (Phi) is 17.6. The lowest BCUT2D eigenvalue weighted by Crippen LogP contribution is -2.05. The van der Waals surface area contributed by atoms with Gasteiger partial charge in [0.15, 0.2) is 0 Å². The number of hydrogen-bond donors (Lipinski definition) is 0. The van der Waals surface area contributed by atoms with E-state index in [2.05, 4.69) is 236 Å². The number of rotatable bonds is 5. The molecule has 2 atom stereocenters. The highest BCUT2D eigenvalue weighted by Gasteiger charge is 2.21. The molecule has 0 radical (unpaired) electrons. The van der Waals surface area contributed by atoms with Crippen LogP contribution in [0.3, 0.4) is 0 Å². The van der Waals surface area contributed by atoms with Crippen LogP contribution in [0.5, 0.6) is 0 Å². The molecule has 9 aromatic rings. The number of unbranched alkanes of at least 4 members (excludes halogenated alkanes) is 1. The predicted molar refractivity (Wildman–Crippen MR) is 310 cm³/mol. The lowest BCUT2D eigenvalue weighted by molar-refractivity contribution is 0.853. The molecule has 2 unspecified atom stereocenters. The average molecular weight is 901 g/mol. The van der Waals surface area contributed by atoms with Crippen molar-refractivity contribution in [1.82, 2.24) is 0 Å². The van der Waals surface area contributed by atoms with E-state index < -0.39 is 0 Å². The van der Waals surface area contributed by atoms with E-state index in [0.29, 0.717) is 11.8 Å². The summed E-state index contributed by atoms with van der Waals surface area (Å²) in [5.41, 5.74) is 9.55. The third-order valence-electron chi connectivity index (χ3n) is 13.2. The normalized spacial score (nSPS) is 15.6. The second-order valence-corrected chi connectivity index (χ2v) is 18.4. The zero-order valence-electron chi connectivity index (χ0n) is 42.4. The minimum atomic E-state index is 0.323. The van der Waals surface area contributed by atoms with Crippen LogP contribution in [0.1, 0.15) is 134 Å². The molecule has 0 aromatic heterocycles. The van der Waals surface area contributed by atoms with Crippen LogP contribution in [0.15, 0.2) is 194 Å². The second kappa shape index (κ2) is 24.4. The first-order valence-electron chi connectivity index (χ1n) is 25.9. The second-order valence-electron chi connectivity index (χ2n) is 18.4. The molecule has 0 aliphatic heterocycles. The Labute approximate surface area is 414 Å². The Morgan fingerprint density at radius 2 is 0.826 bits per heavy atom. The zero-order chi connectivity index (χ0) is 48.7. The Bertz CT molecular complexity index is 3250. The molecular weight excluding hydrogens is 829 g/mol. The van der Waals surface area contributed by atoms with Crippen molar-refractivity contribution in [2.24, 2.45) is 0 Å². The summed E-state index contributed by atoms with van der Waals surface area (Å²) in [4.78, 5) is 0. The molecule has 1 saturated carbocycles. The van der Waals surface area contributed by atoms with Gasteiger partial charge in [-0.2, -0.15) is 0 Å². The van der Waals surface area contributed by atoms with Crippen molar-refractivity contribution in [3.63, 3.8) is 0 Å². The predicted octanol–water partition coefficient (Wildman–Crippen LogP) is 20.9. The maximum absolute atomic E-state index is 4.00. The lowest BCUT2D eigenvalue weighted by Gasteiger charge is -2.24. The fourth-order valence-electron chi connectivity index (χ4n) is 9.76. The monoisotopic (exact) mass is 901 g/mol. The molecule has 0 amide bonds. The molecule has 3 aliphatic carbocycles. The summed E-state index contributed by atoms with van der Waals surface area (Å²) >= 11 is 0. The molecule has 0 heteroatoms. The standard InChI is InChI=1S/C55H40.C4H10.C3H6.C3H8.C2H6.C2H2/c1-35-28-42(32-43(29-35)41-25-27-53-49-21-5-3-17-45(49)47-19-7-9-23-51(47)55(53)34-41)39-15-11-13-37(31-39)36-12-10-14-38(30-36)40-24-26-52-48-20-4-2-16-44(48)46-18-6-8-22-50(46)54(52)33-40;1-3-4-2;1-2-3-1;1-3-2;2*1-2/h2-29,31,33-34,36,43H,30,32H2,1H3;3-4H2,1-2H3;1-3H2;3H2,1-2H3;1-2H3;1-2H. The van der Waals surface area contributed by atoms with E-state index in [1.54, 1.807) is 0 Å². The Morgan fingerprint density at radius 3 is 1.30 bits per heavy atom. The largest absolute Gasteiger partial charge is 0.124 e. The maximum Gasteiger partial charge on any atom is 0.00645 e. The quantitative estimate of drug-likeness (QED) is 0.119. The van der Waals surface area contributed by atoms with Crippen molar-refractivity contribution in [2.45, 2.75) is 112 Å². The van der Waals surface area contributed by atoms with Crippen LogP contribution in [-0.2, 0) is 0 Å². The molecule has 0 heterocycles. The highest BCUT2D eigenvalue weighted by molar-refractivity contribution is 6.26. The van der Waals surface area contributed by atoms with Crippen LogP contribution in [0.4, 0.5) is 0 Å². The van der Waals surface area contributed by atoms with E-state index in [9.17, 15) is 0 Å². The van der Waals surface area contributed by atoms with Gasteiger partial charge in [-0.3, -0.25) is 0 Å². The molecule has 0 N–H and O–H groups in total. The van der Waals surface area contributed by atoms with Crippen LogP contribution in [0, 0.1) is 12.8 Å². The number of terminal acetylenes is 1. The van der Waals surface area contributed by atoms with Crippen LogP contribution >= 0.6 is 0 Å². The summed E-state index contributed by atoms with van der Waals surface area (Å²) in [6.45, 7) is 14.9. The summed E-state index contributed by atoms with van der Waals surface area (Å²) in [6.07, 6.45) is 30.2. The third kappa shape index (κ3) is 11.3. The number of fused-ring (bicyclic) bond motifs is 12. The summed E-state index contributed by atoms with van der Waals surface area (Å²) in [5.74, 6) is 0.646.